The monoisotopic (exact) mass is 307 g/mol. The van der Waals surface area contributed by atoms with Crippen LogP contribution >= 0.6 is 0 Å². The molecule has 1 heterocycles. The number of hydrogen-bond donors (Lipinski definition) is 1. The van der Waals surface area contributed by atoms with Crippen molar-refractivity contribution < 1.29 is 14.0 Å². The minimum absolute atomic E-state index is 0.0986. The van der Waals surface area contributed by atoms with Gasteiger partial charge in [0.05, 0.1) is 0 Å². The van der Waals surface area contributed by atoms with Gasteiger partial charge in [-0.1, -0.05) is 0 Å². The fourth-order valence-electron chi connectivity index (χ4n) is 2.56. The molecule has 0 atom stereocenters. The SMILES string of the molecule is NCCCC(=O)N1CCCN(C(=O)c2ccc(F)cc2)CC1. The molecular weight excluding hydrogens is 285 g/mol. The largest absolute Gasteiger partial charge is 0.341 e. The van der Waals surface area contributed by atoms with E-state index < -0.39 is 0 Å². The van der Waals surface area contributed by atoms with E-state index in [1.54, 1.807) is 9.80 Å². The number of carbonyl (C=O) groups excluding carboxylic acids is 2. The van der Waals surface area contributed by atoms with Crippen LogP contribution in [0.1, 0.15) is 29.6 Å². The average molecular weight is 307 g/mol. The molecule has 1 saturated heterocycles. The molecule has 120 valence electrons. The molecule has 2 amide bonds. The first-order chi connectivity index (χ1) is 10.6. The first-order valence-electron chi connectivity index (χ1n) is 7.64. The Morgan fingerprint density at radius 2 is 1.68 bits per heavy atom. The van der Waals surface area contributed by atoms with E-state index in [0.717, 1.165) is 6.42 Å². The van der Waals surface area contributed by atoms with Crippen LogP contribution in [0.25, 0.3) is 0 Å². The summed E-state index contributed by atoms with van der Waals surface area (Å²) >= 11 is 0. The quantitative estimate of drug-likeness (QED) is 0.910. The highest BCUT2D eigenvalue weighted by Gasteiger charge is 2.22. The molecule has 1 aliphatic heterocycles. The number of rotatable bonds is 4. The summed E-state index contributed by atoms with van der Waals surface area (Å²) in [7, 11) is 0. The zero-order valence-electron chi connectivity index (χ0n) is 12.6. The van der Waals surface area contributed by atoms with Crippen LogP contribution in [0, 0.1) is 5.82 Å². The third-order valence-corrected chi connectivity index (χ3v) is 3.82. The van der Waals surface area contributed by atoms with E-state index >= 15 is 0 Å². The molecule has 5 nitrogen and oxygen atoms in total. The average Bonchev–Trinajstić information content (AvgIpc) is 2.78. The van der Waals surface area contributed by atoms with Gasteiger partial charge in [0.1, 0.15) is 5.82 Å². The standard InChI is InChI=1S/C16H22FN3O2/c17-14-6-4-13(5-7-14)16(22)20-10-2-9-19(11-12-20)15(21)3-1-8-18/h4-7H,1-3,8-12,18H2. The Kier molecular flexibility index (Phi) is 5.89. The van der Waals surface area contributed by atoms with Gasteiger partial charge < -0.3 is 15.5 Å². The molecule has 0 spiro atoms. The number of hydrogen-bond acceptors (Lipinski definition) is 3. The first-order valence-corrected chi connectivity index (χ1v) is 7.64. The molecule has 0 unspecified atom stereocenters. The molecule has 0 saturated carbocycles. The molecule has 0 aromatic heterocycles. The topological polar surface area (TPSA) is 66.6 Å². The van der Waals surface area contributed by atoms with Crippen molar-refractivity contribution in [3.05, 3.63) is 35.6 Å². The van der Waals surface area contributed by atoms with E-state index in [2.05, 4.69) is 0 Å². The predicted molar refractivity (Wildman–Crippen MR) is 81.8 cm³/mol. The van der Waals surface area contributed by atoms with Gasteiger partial charge in [-0.15, -0.1) is 0 Å². The van der Waals surface area contributed by atoms with Crippen LogP contribution < -0.4 is 5.73 Å². The number of benzene rings is 1. The van der Waals surface area contributed by atoms with Gasteiger partial charge in [-0.2, -0.15) is 0 Å². The van der Waals surface area contributed by atoms with Crippen LogP contribution in [-0.4, -0.2) is 54.3 Å². The Hall–Kier alpha value is -1.95. The maximum Gasteiger partial charge on any atom is 0.253 e. The van der Waals surface area contributed by atoms with Gasteiger partial charge in [0, 0.05) is 38.2 Å². The molecule has 6 heteroatoms. The van der Waals surface area contributed by atoms with Crippen molar-refractivity contribution in [3.8, 4) is 0 Å². The molecule has 2 rings (SSSR count). The summed E-state index contributed by atoms with van der Waals surface area (Å²) in [5, 5.41) is 0. The molecule has 0 aliphatic carbocycles. The normalized spacial score (nSPS) is 15.5. The molecule has 2 N–H and O–H groups in total. The van der Waals surface area contributed by atoms with Gasteiger partial charge in [0.15, 0.2) is 0 Å². The van der Waals surface area contributed by atoms with E-state index in [-0.39, 0.29) is 17.6 Å². The highest BCUT2D eigenvalue weighted by molar-refractivity contribution is 5.94. The fraction of sp³-hybridized carbons (Fsp3) is 0.500. The number of amides is 2. The van der Waals surface area contributed by atoms with Gasteiger partial charge in [-0.25, -0.2) is 4.39 Å². The molecule has 1 fully saturated rings. The number of nitrogens with zero attached hydrogens (tertiary/aromatic N) is 2. The van der Waals surface area contributed by atoms with Crippen LogP contribution in [0.5, 0.6) is 0 Å². The van der Waals surface area contributed by atoms with Crippen LogP contribution in [0.15, 0.2) is 24.3 Å². The van der Waals surface area contributed by atoms with E-state index in [1.807, 2.05) is 0 Å². The van der Waals surface area contributed by atoms with Gasteiger partial charge in [0.25, 0.3) is 5.91 Å². The maximum atomic E-state index is 12.9. The smallest absolute Gasteiger partial charge is 0.253 e. The van der Waals surface area contributed by atoms with Crippen molar-refractivity contribution >= 4 is 11.8 Å². The molecule has 0 radical (unpaired) electrons. The second-order valence-corrected chi connectivity index (χ2v) is 5.43. The Bertz CT molecular complexity index is 519. The van der Waals surface area contributed by atoms with Crippen molar-refractivity contribution in [2.24, 2.45) is 5.73 Å². The summed E-state index contributed by atoms with van der Waals surface area (Å²) in [6, 6.07) is 5.56. The lowest BCUT2D eigenvalue weighted by atomic mass is 10.2. The van der Waals surface area contributed by atoms with Crippen molar-refractivity contribution in [2.45, 2.75) is 19.3 Å². The van der Waals surface area contributed by atoms with Crippen LogP contribution in [0.3, 0.4) is 0 Å². The number of carbonyl (C=O) groups is 2. The molecule has 1 aliphatic rings. The second-order valence-electron chi connectivity index (χ2n) is 5.43. The van der Waals surface area contributed by atoms with Gasteiger partial charge in [-0.3, -0.25) is 9.59 Å². The van der Waals surface area contributed by atoms with Crippen molar-refractivity contribution in [3.63, 3.8) is 0 Å². The lowest BCUT2D eigenvalue weighted by molar-refractivity contribution is -0.131. The van der Waals surface area contributed by atoms with E-state index in [9.17, 15) is 14.0 Å². The summed E-state index contributed by atoms with van der Waals surface area (Å²) < 4.78 is 12.9. The van der Waals surface area contributed by atoms with Crippen molar-refractivity contribution in [1.29, 1.82) is 0 Å². The minimum atomic E-state index is -0.357. The van der Waals surface area contributed by atoms with E-state index in [0.29, 0.717) is 51.1 Å². The summed E-state index contributed by atoms with van der Waals surface area (Å²) in [6.45, 7) is 2.82. The summed E-state index contributed by atoms with van der Waals surface area (Å²) in [6.07, 6.45) is 1.90. The lowest BCUT2D eigenvalue weighted by Gasteiger charge is -2.22. The molecular formula is C16H22FN3O2. The Balaban J connectivity index is 1.93. The van der Waals surface area contributed by atoms with Crippen LogP contribution in [0.4, 0.5) is 4.39 Å². The number of nitrogens with two attached hydrogens (primary N) is 1. The summed E-state index contributed by atoms with van der Waals surface area (Å²) in [5.41, 5.74) is 5.90. The van der Waals surface area contributed by atoms with Gasteiger partial charge in [-0.05, 0) is 43.7 Å². The van der Waals surface area contributed by atoms with E-state index in [4.69, 9.17) is 5.73 Å². The lowest BCUT2D eigenvalue weighted by Crippen LogP contribution is -2.37. The molecule has 0 bridgehead atoms. The third kappa shape index (κ3) is 4.27. The zero-order chi connectivity index (χ0) is 15.9. The molecule has 1 aromatic rings. The van der Waals surface area contributed by atoms with Gasteiger partial charge in [0.2, 0.25) is 5.91 Å². The zero-order valence-corrected chi connectivity index (χ0v) is 12.6. The predicted octanol–water partition coefficient (Wildman–Crippen LogP) is 1.24. The van der Waals surface area contributed by atoms with Crippen molar-refractivity contribution in [1.82, 2.24) is 9.80 Å². The van der Waals surface area contributed by atoms with Gasteiger partial charge >= 0.3 is 0 Å². The number of halogens is 1. The van der Waals surface area contributed by atoms with Crippen LogP contribution in [0.2, 0.25) is 0 Å². The Morgan fingerprint density at radius 3 is 2.36 bits per heavy atom. The molecule has 1 aromatic carbocycles. The Morgan fingerprint density at radius 1 is 1.05 bits per heavy atom. The highest BCUT2D eigenvalue weighted by Crippen LogP contribution is 2.11. The second kappa shape index (κ2) is 7.89. The minimum Gasteiger partial charge on any atom is -0.341 e. The first kappa shape index (κ1) is 16.4. The van der Waals surface area contributed by atoms with Crippen molar-refractivity contribution in [2.75, 3.05) is 32.7 Å². The molecule has 22 heavy (non-hydrogen) atoms. The summed E-state index contributed by atoms with van der Waals surface area (Å²) in [5.74, 6) is -0.373. The summed E-state index contributed by atoms with van der Waals surface area (Å²) in [4.78, 5) is 27.9. The fourth-order valence-corrected chi connectivity index (χ4v) is 2.56. The highest BCUT2D eigenvalue weighted by atomic mass is 19.1. The van der Waals surface area contributed by atoms with Crippen LogP contribution in [-0.2, 0) is 4.79 Å². The van der Waals surface area contributed by atoms with E-state index in [1.165, 1.54) is 24.3 Å². The maximum absolute atomic E-state index is 12.9. The Labute approximate surface area is 129 Å². The third-order valence-electron chi connectivity index (χ3n) is 3.82.